The van der Waals surface area contributed by atoms with Gasteiger partial charge in [0.1, 0.15) is 0 Å². The first-order chi connectivity index (χ1) is 9.61. The van der Waals surface area contributed by atoms with Gasteiger partial charge in [0, 0.05) is 30.0 Å². The molecule has 0 amide bonds. The van der Waals surface area contributed by atoms with E-state index in [-0.39, 0.29) is 0 Å². The molecule has 1 heterocycles. The maximum absolute atomic E-state index is 7.18. The lowest BCUT2D eigenvalue weighted by molar-refractivity contribution is 0.970. The van der Waals surface area contributed by atoms with Crippen molar-refractivity contribution in [3.05, 3.63) is 59.6 Å². The van der Waals surface area contributed by atoms with Crippen LogP contribution in [0.3, 0.4) is 0 Å². The van der Waals surface area contributed by atoms with Gasteiger partial charge in [0.05, 0.1) is 6.57 Å². The highest BCUT2D eigenvalue weighted by atomic mass is 14.9. The molecule has 20 heavy (non-hydrogen) atoms. The lowest BCUT2D eigenvalue weighted by Gasteiger charge is -2.07. The van der Waals surface area contributed by atoms with E-state index in [0.717, 1.165) is 33.3 Å². The van der Waals surface area contributed by atoms with Gasteiger partial charge in [-0.2, -0.15) is 0 Å². The molecule has 0 saturated carbocycles. The molecule has 0 bridgehead atoms. The van der Waals surface area contributed by atoms with E-state index >= 15 is 0 Å². The van der Waals surface area contributed by atoms with Crippen molar-refractivity contribution >= 4 is 22.3 Å². The molecule has 0 spiro atoms. The van der Waals surface area contributed by atoms with Gasteiger partial charge in [-0.1, -0.05) is 18.2 Å². The number of aryl methyl sites for hydroxylation is 1. The normalized spacial score (nSPS) is 10.7. The molecule has 2 N–H and O–H groups in total. The van der Waals surface area contributed by atoms with Crippen LogP contribution in [0.25, 0.3) is 26.9 Å². The number of hydrogen-bond donors (Lipinski definition) is 1. The van der Waals surface area contributed by atoms with Crippen LogP contribution in [-0.4, -0.2) is 4.57 Å². The summed E-state index contributed by atoms with van der Waals surface area (Å²) in [4.78, 5) is 3.52. The number of nitrogens with zero attached hydrogens (tertiary/aromatic N) is 2. The van der Waals surface area contributed by atoms with Crippen molar-refractivity contribution < 1.29 is 0 Å². The van der Waals surface area contributed by atoms with Crippen LogP contribution in [0.5, 0.6) is 0 Å². The first-order valence-electron chi connectivity index (χ1n) is 6.44. The maximum Gasteiger partial charge on any atom is 0.188 e. The Kier molecular flexibility index (Phi) is 2.73. The number of anilines is 1. The van der Waals surface area contributed by atoms with Crippen molar-refractivity contribution in [1.82, 2.24) is 4.57 Å². The van der Waals surface area contributed by atoms with Crippen molar-refractivity contribution in [2.75, 3.05) is 5.73 Å². The van der Waals surface area contributed by atoms with Gasteiger partial charge in [-0.25, -0.2) is 4.85 Å². The third-order valence-electron chi connectivity index (χ3n) is 3.77. The number of nitrogen functional groups attached to an aromatic ring is 1. The summed E-state index contributed by atoms with van der Waals surface area (Å²) in [5, 5.41) is 1.09. The second kappa shape index (κ2) is 4.43. The fourth-order valence-corrected chi connectivity index (χ4v) is 2.61. The quantitative estimate of drug-likeness (QED) is 0.515. The largest absolute Gasteiger partial charge is 0.398 e. The number of fused-ring (bicyclic) bond motifs is 1. The lowest BCUT2D eigenvalue weighted by atomic mass is 9.99. The van der Waals surface area contributed by atoms with Crippen LogP contribution >= 0.6 is 0 Å². The minimum atomic E-state index is 0.659. The number of hydrogen-bond acceptors (Lipinski definition) is 1. The smallest absolute Gasteiger partial charge is 0.188 e. The summed E-state index contributed by atoms with van der Waals surface area (Å²) in [5.74, 6) is 0. The van der Waals surface area contributed by atoms with Crippen LogP contribution in [0.4, 0.5) is 11.4 Å². The molecule has 98 valence electrons. The van der Waals surface area contributed by atoms with E-state index in [1.807, 2.05) is 44.3 Å². The molecule has 3 heteroatoms. The SMILES string of the molecule is [C-]#[N+]c1ccc2c(c1)c(-c1cccc(N)c1C)cn2C. The van der Waals surface area contributed by atoms with Crippen LogP contribution in [-0.2, 0) is 7.05 Å². The van der Waals surface area contributed by atoms with Gasteiger partial charge in [-0.15, -0.1) is 0 Å². The molecule has 0 saturated heterocycles. The molecule has 1 aromatic heterocycles. The average Bonchev–Trinajstić information content (AvgIpc) is 2.78. The molecule has 2 aromatic carbocycles. The monoisotopic (exact) mass is 261 g/mol. The first-order valence-corrected chi connectivity index (χ1v) is 6.44. The van der Waals surface area contributed by atoms with Gasteiger partial charge in [-0.3, -0.25) is 0 Å². The van der Waals surface area contributed by atoms with E-state index in [1.165, 1.54) is 0 Å². The average molecular weight is 261 g/mol. The number of rotatable bonds is 1. The maximum atomic E-state index is 7.18. The molecule has 0 unspecified atom stereocenters. The van der Waals surface area contributed by atoms with E-state index in [1.54, 1.807) is 0 Å². The van der Waals surface area contributed by atoms with E-state index in [4.69, 9.17) is 12.3 Å². The molecule has 0 atom stereocenters. The highest BCUT2D eigenvalue weighted by Crippen LogP contribution is 2.35. The molecule has 0 aliphatic rings. The second-order valence-electron chi connectivity index (χ2n) is 4.99. The van der Waals surface area contributed by atoms with E-state index in [2.05, 4.69) is 21.7 Å². The summed E-state index contributed by atoms with van der Waals surface area (Å²) in [5.41, 5.74) is 11.9. The van der Waals surface area contributed by atoms with Crippen molar-refractivity contribution in [3.63, 3.8) is 0 Å². The highest BCUT2D eigenvalue weighted by Gasteiger charge is 2.12. The van der Waals surface area contributed by atoms with Crippen molar-refractivity contribution in [2.45, 2.75) is 6.92 Å². The third-order valence-corrected chi connectivity index (χ3v) is 3.77. The minimum absolute atomic E-state index is 0.659. The fourth-order valence-electron chi connectivity index (χ4n) is 2.61. The first kappa shape index (κ1) is 12.3. The Morgan fingerprint density at radius 2 is 1.95 bits per heavy atom. The number of benzene rings is 2. The van der Waals surface area contributed by atoms with Crippen LogP contribution in [0.1, 0.15) is 5.56 Å². The lowest BCUT2D eigenvalue weighted by Crippen LogP contribution is -1.91. The summed E-state index contributed by atoms with van der Waals surface area (Å²) >= 11 is 0. The molecule has 0 radical (unpaired) electrons. The van der Waals surface area contributed by atoms with Crippen LogP contribution < -0.4 is 5.73 Å². The van der Waals surface area contributed by atoms with E-state index < -0.39 is 0 Å². The standard InChI is InChI=1S/C17H15N3/c1-11-13(5-4-6-16(11)18)15-10-20(3)17-8-7-12(19-2)9-14(15)17/h4-10H,18H2,1,3H3. The summed E-state index contributed by atoms with van der Waals surface area (Å²) in [6.07, 6.45) is 2.10. The van der Waals surface area contributed by atoms with E-state index in [9.17, 15) is 0 Å². The van der Waals surface area contributed by atoms with Gasteiger partial charge < -0.3 is 10.3 Å². The zero-order valence-corrected chi connectivity index (χ0v) is 11.5. The van der Waals surface area contributed by atoms with Crippen molar-refractivity contribution in [2.24, 2.45) is 7.05 Å². The van der Waals surface area contributed by atoms with Gasteiger partial charge in [-0.05, 0) is 41.6 Å². The Bertz CT molecular complexity index is 851. The molecule has 0 fully saturated rings. The third kappa shape index (κ3) is 1.74. The van der Waals surface area contributed by atoms with Crippen LogP contribution in [0, 0.1) is 13.5 Å². The summed E-state index contributed by atoms with van der Waals surface area (Å²) in [6.45, 7) is 9.21. The Balaban J connectivity index is 2.37. The minimum Gasteiger partial charge on any atom is -0.398 e. The summed E-state index contributed by atoms with van der Waals surface area (Å²) < 4.78 is 2.08. The fraction of sp³-hybridized carbons (Fsp3) is 0.118. The van der Waals surface area contributed by atoms with E-state index in [0.29, 0.717) is 5.69 Å². The Morgan fingerprint density at radius 1 is 1.15 bits per heavy atom. The van der Waals surface area contributed by atoms with Gasteiger partial charge in [0.25, 0.3) is 0 Å². The molecule has 3 nitrogen and oxygen atoms in total. The zero-order chi connectivity index (χ0) is 14.3. The second-order valence-corrected chi connectivity index (χ2v) is 4.99. The van der Waals surface area contributed by atoms with Gasteiger partial charge in [0.15, 0.2) is 5.69 Å². The molecule has 3 aromatic rings. The Morgan fingerprint density at radius 3 is 2.70 bits per heavy atom. The van der Waals surface area contributed by atoms with Crippen molar-refractivity contribution in [1.29, 1.82) is 0 Å². The molecular weight excluding hydrogens is 246 g/mol. The number of nitrogens with two attached hydrogens (primary N) is 1. The molecule has 0 aliphatic carbocycles. The summed E-state index contributed by atoms with van der Waals surface area (Å²) in [7, 11) is 2.02. The molecule has 0 aliphatic heterocycles. The predicted octanol–water partition coefficient (Wildman–Crippen LogP) is 4.29. The Labute approximate surface area is 118 Å². The van der Waals surface area contributed by atoms with Crippen LogP contribution in [0.2, 0.25) is 0 Å². The number of aromatic nitrogens is 1. The molecule has 3 rings (SSSR count). The summed E-state index contributed by atoms with van der Waals surface area (Å²) in [6, 6.07) is 11.7. The zero-order valence-electron chi connectivity index (χ0n) is 11.5. The van der Waals surface area contributed by atoms with Gasteiger partial charge in [0.2, 0.25) is 0 Å². The topological polar surface area (TPSA) is 35.3 Å². The van der Waals surface area contributed by atoms with Gasteiger partial charge >= 0.3 is 0 Å². The van der Waals surface area contributed by atoms with Crippen LogP contribution in [0.15, 0.2) is 42.6 Å². The van der Waals surface area contributed by atoms with Crippen molar-refractivity contribution in [3.8, 4) is 11.1 Å². The Hall–Kier alpha value is -2.73. The highest BCUT2D eigenvalue weighted by molar-refractivity contribution is 5.99. The predicted molar refractivity (Wildman–Crippen MR) is 83.8 cm³/mol. The molecular formula is C17H15N3.